The van der Waals surface area contributed by atoms with Crippen LogP contribution in [0.4, 0.5) is 0 Å². The summed E-state index contributed by atoms with van der Waals surface area (Å²) >= 11 is 1.35. The molecule has 3 heterocycles. The number of amidine groups is 2. The topological polar surface area (TPSA) is 73.8 Å². The van der Waals surface area contributed by atoms with E-state index in [0.29, 0.717) is 11.6 Å². The van der Waals surface area contributed by atoms with Crippen LogP contribution in [0.3, 0.4) is 0 Å². The Morgan fingerprint density at radius 1 is 1.06 bits per heavy atom. The van der Waals surface area contributed by atoms with Crippen molar-refractivity contribution >= 4 is 39.8 Å². The predicted molar refractivity (Wildman–Crippen MR) is 140 cm³/mol. The van der Waals surface area contributed by atoms with Gasteiger partial charge in [0.25, 0.3) is 5.91 Å². The minimum Gasteiger partial charge on any atom is -0.318 e. The quantitative estimate of drug-likeness (QED) is 0.502. The summed E-state index contributed by atoms with van der Waals surface area (Å²) < 4.78 is 2.21. The Balaban J connectivity index is 1.48. The molecule has 5 rings (SSSR count). The molecule has 0 saturated carbocycles. The van der Waals surface area contributed by atoms with Crippen LogP contribution in [0.5, 0.6) is 0 Å². The summed E-state index contributed by atoms with van der Waals surface area (Å²) in [5.41, 5.74) is 6.76. The molecule has 2 aliphatic heterocycles. The number of fused-ring (bicyclic) bond motifs is 1. The van der Waals surface area contributed by atoms with Crippen molar-refractivity contribution in [2.24, 2.45) is 10.1 Å². The summed E-state index contributed by atoms with van der Waals surface area (Å²) in [6.45, 7) is 6.25. The number of aliphatic imine (C=N–C) groups is 1. The van der Waals surface area contributed by atoms with Crippen molar-refractivity contribution in [3.63, 3.8) is 0 Å². The zero-order chi connectivity index (χ0) is 23.8. The Bertz CT molecular complexity index is 1400. The fraction of sp³-hybridized carbons (Fsp3) is 0.185. The van der Waals surface area contributed by atoms with Gasteiger partial charge in [-0.3, -0.25) is 10.2 Å². The summed E-state index contributed by atoms with van der Waals surface area (Å²) in [5, 5.41) is 16.0. The van der Waals surface area contributed by atoms with E-state index < -0.39 is 5.91 Å². The van der Waals surface area contributed by atoms with E-state index in [9.17, 15) is 4.79 Å². The molecule has 7 heteroatoms. The lowest BCUT2D eigenvalue weighted by Gasteiger charge is -2.20. The molecule has 0 unspecified atom stereocenters. The number of hydrogen-bond acceptors (Lipinski definition) is 4. The van der Waals surface area contributed by atoms with Gasteiger partial charge in [-0.1, -0.05) is 55.5 Å². The molecule has 1 aromatic heterocycles. The molecule has 0 atom stereocenters. The average molecular weight is 468 g/mol. The molecule has 3 aromatic rings. The number of amides is 1. The Hall–Kier alpha value is -3.71. The number of carbonyl (C=O) groups excluding carboxylic acids is 1. The smallest absolute Gasteiger partial charge is 0.283 e. The van der Waals surface area contributed by atoms with Gasteiger partial charge in [0, 0.05) is 23.5 Å². The van der Waals surface area contributed by atoms with Gasteiger partial charge in [-0.05, 0) is 66.9 Å². The first kappa shape index (κ1) is 22.1. The molecule has 0 bridgehead atoms. The van der Waals surface area contributed by atoms with Crippen molar-refractivity contribution < 1.29 is 4.79 Å². The number of aromatic nitrogens is 1. The zero-order valence-corrected chi connectivity index (χ0v) is 20.2. The van der Waals surface area contributed by atoms with Crippen LogP contribution < -0.4 is 0 Å². The summed E-state index contributed by atoms with van der Waals surface area (Å²) in [6, 6.07) is 20.4. The van der Waals surface area contributed by atoms with Gasteiger partial charge < -0.3 is 4.57 Å². The van der Waals surface area contributed by atoms with E-state index in [2.05, 4.69) is 52.8 Å². The molecule has 170 valence electrons. The highest BCUT2D eigenvalue weighted by atomic mass is 32.2. The second-order valence-electron chi connectivity index (χ2n) is 8.32. The number of para-hydroxylation sites is 1. The highest BCUT2D eigenvalue weighted by Crippen LogP contribution is 2.31. The second-order valence-corrected chi connectivity index (χ2v) is 9.36. The van der Waals surface area contributed by atoms with E-state index in [1.165, 1.54) is 22.3 Å². The van der Waals surface area contributed by atoms with Crippen molar-refractivity contribution in [3.05, 3.63) is 94.3 Å². The minimum atomic E-state index is -0.404. The first-order valence-electron chi connectivity index (χ1n) is 11.3. The molecular formula is C27H25N5OS. The van der Waals surface area contributed by atoms with Crippen molar-refractivity contribution in [1.29, 1.82) is 5.41 Å². The standard InChI is InChI=1S/C27H25N5OS/c1-4-20-12-8-9-13-23(20)31-17(2)14-21(18(31)3)16-22-25(28)32-27(29-26(22)33)34-24(30-32)15-19-10-6-5-7-11-19/h5-14,16,28H,4,15H2,1-3H3/b22-16-,28-25?. The number of nitrogens with one attached hydrogen (secondary N) is 1. The number of hydrogen-bond donors (Lipinski definition) is 1. The Kier molecular flexibility index (Phi) is 5.79. The average Bonchev–Trinajstić information content (AvgIpc) is 3.36. The molecule has 2 aliphatic rings. The third kappa shape index (κ3) is 3.92. The fourth-order valence-electron chi connectivity index (χ4n) is 4.36. The van der Waals surface area contributed by atoms with Crippen LogP contribution in [0.15, 0.2) is 76.3 Å². The van der Waals surface area contributed by atoms with Gasteiger partial charge in [0.1, 0.15) is 5.04 Å². The van der Waals surface area contributed by atoms with E-state index in [1.54, 1.807) is 6.08 Å². The van der Waals surface area contributed by atoms with Crippen LogP contribution in [0.2, 0.25) is 0 Å². The van der Waals surface area contributed by atoms with Gasteiger partial charge in [-0.15, -0.1) is 0 Å². The maximum atomic E-state index is 12.9. The molecule has 0 spiro atoms. The summed E-state index contributed by atoms with van der Waals surface area (Å²) in [4.78, 5) is 17.1. The number of carbonyl (C=O) groups is 1. The normalized spacial score (nSPS) is 16.7. The van der Waals surface area contributed by atoms with Gasteiger partial charge in [0.2, 0.25) is 5.17 Å². The first-order valence-corrected chi connectivity index (χ1v) is 12.1. The van der Waals surface area contributed by atoms with E-state index in [4.69, 9.17) is 5.41 Å². The molecular weight excluding hydrogens is 442 g/mol. The number of thioether (sulfide) groups is 1. The molecule has 0 radical (unpaired) electrons. The Labute approximate surface area is 203 Å². The van der Waals surface area contributed by atoms with Gasteiger partial charge in [0.05, 0.1) is 5.57 Å². The van der Waals surface area contributed by atoms with Gasteiger partial charge >= 0.3 is 0 Å². The number of rotatable bonds is 5. The van der Waals surface area contributed by atoms with E-state index in [1.807, 2.05) is 43.3 Å². The predicted octanol–water partition coefficient (Wildman–Crippen LogP) is 5.52. The highest BCUT2D eigenvalue weighted by Gasteiger charge is 2.35. The molecule has 6 nitrogen and oxygen atoms in total. The number of nitrogens with zero attached hydrogens (tertiary/aromatic N) is 4. The number of hydrazone groups is 1. The van der Waals surface area contributed by atoms with E-state index in [0.717, 1.165) is 39.7 Å². The molecule has 2 aromatic carbocycles. The third-order valence-electron chi connectivity index (χ3n) is 6.08. The monoisotopic (exact) mass is 467 g/mol. The Morgan fingerprint density at radius 2 is 1.79 bits per heavy atom. The van der Waals surface area contributed by atoms with Crippen molar-refractivity contribution in [3.8, 4) is 5.69 Å². The maximum absolute atomic E-state index is 12.9. The number of aryl methyl sites for hydroxylation is 2. The van der Waals surface area contributed by atoms with Crippen LogP contribution in [0, 0.1) is 19.3 Å². The Morgan fingerprint density at radius 3 is 2.56 bits per heavy atom. The first-order chi connectivity index (χ1) is 16.5. The van der Waals surface area contributed by atoms with Crippen molar-refractivity contribution in [1.82, 2.24) is 9.58 Å². The fourth-order valence-corrected chi connectivity index (χ4v) is 5.28. The van der Waals surface area contributed by atoms with Crippen LogP contribution in [0.25, 0.3) is 11.8 Å². The molecule has 34 heavy (non-hydrogen) atoms. The molecule has 1 amide bonds. The van der Waals surface area contributed by atoms with E-state index >= 15 is 0 Å². The van der Waals surface area contributed by atoms with Crippen LogP contribution in [-0.4, -0.2) is 31.5 Å². The van der Waals surface area contributed by atoms with Crippen molar-refractivity contribution in [2.75, 3.05) is 0 Å². The lowest BCUT2D eigenvalue weighted by molar-refractivity contribution is -0.114. The molecule has 0 fully saturated rings. The van der Waals surface area contributed by atoms with Gasteiger partial charge in [0.15, 0.2) is 5.84 Å². The number of benzene rings is 2. The van der Waals surface area contributed by atoms with Crippen molar-refractivity contribution in [2.45, 2.75) is 33.6 Å². The van der Waals surface area contributed by atoms with Crippen LogP contribution in [0.1, 0.15) is 35.0 Å². The summed E-state index contributed by atoms with van der Waals surface area (Å²) in [5.74, 6) is -0.344. The minimum absolute atomic E-state index is 0.0596. The van der Waals surface area contributed by atoms with Crippen LogP contribution >= 0.6 is 11.8 Å². The zero-order valence-electron chi connectivity index (χ0n) is 19.4. The SMILES string of the molecule is CCc1ccccc1-n1c(C)cc(/C=C2/C(=N)N3N=C(Cc4ccccc4)SC3=NC2=O)c1C. The molecule has 0 saturated heterocycles. The largest absolute Gasteiger partial charge is 0.318 e. The summed E-state index contributed by atoms with van der Waals surface area (Å²) in [6.07, 6.45) is 3.34. The highest BCUT2D eigenvalue weighted by molar-refractivity contribution is 8.26. The lowest BCUT2D eigenvalue weighted by Crippen LogP contribution is -2.35. The van der Waals surface area contributed by atoms with Crippen LogP contribution in [-0.2, 0) is 17.6 Å². The molecule has 0 aliphatic carbocycles. The second kappa shape index (κ2) is 8.91. The third-order valence-corrected chi connectivity index (χ3v) is 6.99. The lowest BCUT2D eigenvalue weighted by atomic mass is 10.1. The van der Waals surface area contributed by atoms with Gasteiger partial charge in [-0.25, -0.2) is 0 Å². The molecule has 1 N–H and O–H groups in total. The maximum Gasteiger partial charge on any atom is 0.283 e. The van der Waals surface area contributed by atoms with E-state index in [-0.39, 0.29) is 11.4 Å². The summed E-state index contributed by atoms with van der Waals surface area (Å²) in [7, 11) is 0. The van der Waals surface area contributed by atoms with Gasteiger partial charge in [-0.2, -0.15) is 15.1 Å².